The van der Waals surface area contributed by atoms with E-state index < -0.39 is 20.3 Å². The molecular weight excluding hydrogens is 305 g/mol. The molecule has 0 aliphatic heterocycles. The van der Waals surface area contributed by atoms with Crippen LogP contribution in [0.3, 0.4) is 0 Å². The molecule has 0 rings (SSSR count). The summed E-state index contributed by atoms with van der Waals surface area (Å²) < 4.78 is 10.1. The fourth-order valence-electron chi connectivity index (χ4n) is 1.77. The van der Waals surface area contributed by atoms with E-state index in [-0.39, 0.29) is 5.97 Å². The number of ether oxygens (including phenoxy) is 2. The van der Waals surface area contributed by atoms with Gasteiger partial charge in [0.1, 0.15) is 0 Å². The standard InChI is InChI=1S/C14H25GeO4/c1-5-7-9-15(10-8-6-2)12(14(17)19-4)11-13(16)18-3/h11H,5-10H2,1-4H3/b12-11+. The summed E-state index contributed by atoms with van der Waals surface area (Å²) in [5.41, 5.74) is 0. The van der Waals surface area contributed by atoms with Gasteiger partial charge in [0.15, 0.2) is 0 Å². The van der Waals surface area contributed by atoms with Crippen LogP contribution in [-0.4, -0.2) is 40.5 Å². The maximum atomic E-state index is 11.9. The van der Waals surface area contributed by atoms with Crippen LogP contribution >= 0.6 is 0 Å². The summed E-state index contributed by atoms with van der Waals surface area (Å²) in [5, 5.41) is 2.13. The average Bonchev–Trinajstić information content (AvgIpc) is 2.44. The number of carbonyl (C=O) groups excluding carboxylic acids is 2. The van der Waals surface area contributed by atoms with E-state index in [0.29, 0.717) is 4.41 Å². The maximum absolute atomic E-state index is 11.9. The van der Waals surface area contributed by atoms with Crippen molar-refractivity contribution in [2.45, 2.75) is 50.0 Å². The van der Waals surface area contributed by atoms with Gasteiger partial charge in [-0.3, -0.25) is 0 Å². The van der Waals surface area contributed by atoms with Crippen molar-refractivity contribution in [3.63, 3.8) is 0 Å². The molecule has 0 saturated carbocycles. The molecule has 0 bridgehead atoms. The molecule has 0 aromatic rings. The quantitative estimate of drug-likeness (QED) is 0.371. The molecule has 0 fully saturated rings. The van der Waals surface area contributed by atoms with Crippen LogP contribution in [0.25, 0.3) is 0 Å². The zero-order chi connectivity index (χ0) is 14.7. The summed E-state index contributed by atoms with van der Waals surface area (Å²) in [6, 6.07) is 0. The number of hydrogen-bond acceptors (Lipinski definition) is 4. The second kappa shape index (κ2) is 11.1. The molecule has 1 radical (unpaired) electrons. The Bertz CT molecular complexity index is 305. The van der Waals surface area contributed by atoms with Crippen LogP contribution in [0, 0.1) is 0 Å². The summed E-state index contributed by atoms with van der Waals surface area (Å²) in [4.78, 5) is 23.3. The van der Waals surface area contributed by atoms with Gasteiger partial charge in [-0.1, -0.05) is 0 Å². The van der Waals surface area contributed by atoms with E-state index in [2.05, 4.69) is 18.6 Å². The zero-order valence-corrected chi connectivity index (χ0v) is 14.6. The second-order valence-electron chi connectivity index (χ2n) is 4.38. The SMILES string of the molecule is CCC[CH2][Ge]([CH2]CCC)/[C](=C/C(=O)OC)C(=O)OC. The minimum atomic E-state index is -1.75. The molecule has 0 aromatic heterocycles. The third kappa shape index (κ3) is 7.40. The van der Waals surface area contributed by atoms with E-state index in [0.717, 1.165) is 36.2 Å². The summed E-state index contributed by atoms with van der Waals surface area (Å²) in [6.45, 7) is 4.27. The van der Waals surface area contributed by atoms with Gasteiger partial charge in [0.25, 0.3) is 0 Å². The normalized spacial score (nSPS) is 11.5. The predicted octanol–water partition coefficient (Wildman–Crippen LogP) is 2.89. The van der Waals surface area contributed by atoms with Crippen molar-refractivity contribution in [2.75, 3.05) is 14.2 Å². The molecule has 0 unspecified atom stereocenters. The van der Waals surface area contributed by atoms with E-state index in [1.807, 2.05) is 0 Å². The molecule has 0 amide bonds. The van der Waals surface area contributed by atoms with Crippen molar-refractivity contribution >= 4 is 26.3 Å². The first-order valence-electron chi connectivity index (χ1n) is 6.83. The molecule has 4 nitrogen and oxygen atoms in total. The van der Waals surface area contributed by atoms with Crippen molar-refractivity contribution in [3.8, 4) is 0 Å². The number of carbonyl (C=O) groups is 2. The number of unbranched alkanes of at least 4 members (excludes halogenated alkanes) is 2. The van der Waals surface area contributed by atoms with Crippen molar-refractivity contribution in [3.05, 3.63) is 10.5 Å². The molecule has 0 atom stereocenters. The average molecular weight is 330 g/mol. The van der Waals surface area contributed by atoms with Gasteiger partial charge in [-0.25, -0.2) is 0 Å². The molecule has 0 aliphatic carbocycles. The summed E-state index contributed by atoms with van der Waals surface area (Å²) in [6.07, 6.45) is 5.78. The fraction of sp³-hybridized carbons (Fsp3) is 0.714. The van der Waals surface area contributed by atoms with Crippen LogP contribution in [0.1, 0.15) is 39.5 Å². The Balaban J connectivity index is 5.04. The Hall–Kier alpha value is -0.777. The molecule has 109 valence electrons. The molecular formula is C14H25GeO4. The molecule has 0 N–H and O–H groups in total. The number of hydrogen-bond donors (Lipinski definition) is 0. The van der Waals surface area contributed by atoms with Crippen molar-refractivity contribution in [1.82, 2.24) is 0 Å². The van der Waals surface area contributed by atoms with Crippen LogP contribution in [0.4, 0.5) is 0 Å². The van der Waals surface area contributed by atoms with Crippen molar-refractivity contribution in [1.29, 1.82) is 0 Å². The van der Waals surface area contributed by atoms with Gasteiger partial charge in [0.05, 0.1) is 0 Å². The summed E-state index contributed by atoms with van der Waals surface area (Å²) in [5.74, 6) is -0.814. The van der Waals surface area contributed by atoms with Gasteiger partial charge in [-0.15, -0.1) is 0 Å². The van der Waals surface area contributed by atoms with E-state index in [9.17, 15) is 9.59 Å². The monoisotopic (exact) mass is 331 g/mol. The molecule has 5 heteroatoms. The van der Waals surface area contributed by atoms with E-state index in [4.69, 9.17) is 4.74 Å². The van der Waals surface area contributed by atoms with Gasteiger partial charge in [0, 0.05) is 0 Å². The fourth-order valence-corrected chi connectivity index (χ4v) is 8.19. The summed E-state index contributed by atoms with van der Waals surface area (Å²) in [7, 11) is 2.69. The van der Waals surface area contributed by atoms with Crippen LogP contribution in [-0.2, 0) is 19.1 Å². The molecule has 0 aliphatic rings. The summed E-state index contributed by atoms with van der Waals surface area (Å²) >= 11 is -1.75. The van der Waals surface area contributed by atoms with Crippen molar-refractivity contribution in [2.24, 2.45) is 0 Å². The molecule has 0 aromatic carbocycles. The second-order valence-corrected chi connectivity index (χ2v) is 10.1. The third-order valence-corrected chi connectivity index (χ3v) is 9.26. The third-order valence-electron chi connectivity index (χ3n) is 2.91. The Morgan fingerprint density at radius 1 is 1.00 bits per heavy atom. The van der Waals surface area contributed by atoms with Crippen molar-refractivity contribution < 1.29 is 19.1 Å². The first-order valence-corrected chi connectivity index (χ1v) is 10.8. The van der Waals surface area contributed by atoms with Crippen LogP contribution in [0.5, 0.6) is 0 Å². The van der Waals surface area contributed by atoms with E-state index in [1.165, 1.54) is 20.3 Å². The van der Waals surface area contributed by atoms with Crippen LogP contribution in [0.2, 0.25) is 10.5 Å². The van der Waals surface area contributed by atoms with Gasteiger partial charge < -0.3 is 0 Å². The predicted molar refractivity (Wildman–Crippen MR) is 77.3 cm³/mol. The number of methoxy groups -OCH3 is 2. The topological polar surface area (TPSA) is 52.6 Å². The molecule has 19 heavy (non-hydrogen) atoms. The Labute approximate surface area is 120 Å². The molecule has 0 spiro atoms. The van der Waals surface area contributed by atoms with Crippen LogP contribution in [0.15, 0.2) is 10.5 Å². The van der Waals surface area contributed by atoms with Gasteiger partial charge in [-0.05, 0) is 0 Å². The Morgan fingerprint density at radius 2 is 1.53 bits per heavy atom. The van der Waals surface area contributed by atoms with E-state index in [1.54, 1.807) is 0 Å². The first-order chi connectivity index (χ1) is 9.10. The number of esters is 2. The van der Waals surface area contributed by atoms with Gasteiger partial charge >= 0.3 is 120 Å². The Morgan fingerprint density at radius 3 is 1.89 bits per heavy atom. The zero-order valence-electron chi connectivity index (χ0n) is 12.5. The van der Waals surface area contributed by atoms with Gasteiger partial charge in [-0.2, -0.15) is 0 Å². The number of rotatable bonds is 9. The van der Waals surface area contributed by atoms with E-state index >= 15 is 0 Å². The minimum absolute atomic E-state index is 0.354. The van der Waals surface area contributed by atoms with Crippen LogP contribution < -0.4 is 0 Å². The molecule has 0 heterocycles. The molecule has 0 saturated heterocycles. The first kappa shape index (κ1) is 18.2. The van der Waals surface area contributed by atoms with Gasteiger partial charge in [0.2, 0.25) is 0 Å². The Kier molecular flexibility index (Phi) is 10.6.